The molecule has 4 rings (SSSR count). The van der Waals surface area contributed by atoms with Crippen LogP contribution in [-0.2, 0) is 17.7 Å². The van der Waals surface area contributed by atoms with Gasteiger partial charge in [0.25, 0.3) is 5.91 Å². The molecule has 3 heterocycles. The molecule has 1 fully saturated rings. The van der Waals surface area contributed by atoms with Gasteiger partial charge in [0.2, 0.25) is 0 Å². The largest absolute Gasteiger partial charge is 0.379 e. The first-order valence-corrected chi connectivity index (χ1v) is 11.5. The van der Waals surface area contributed by atoms with Crippen molar-refractivity contribution in [3.8, 4) is 0 Å². The van der Waals surface area contributed by atoms with Crippen LogP contribution >= 0.6 is 11.3 Å². The Morgan fingerprint density at radius 1 is 1.23 bits per heavy atom. The molecule has 1 saturated heterocycles. The molecular weight excluding hydrogens is 396 g/mol. The fraction of sp³-hybridized carbons (Fsp3) is 0.478. The molecule has 0 atom stereocenters. The van der Waals surface area contributed by atoms with E-state index in [1.165, 1.54) is 16.9 Å². The summed E-state index contributed by atoms with van der Waals surface area (Å²) in [6, 6.07) is 8.23. The van der Waals surface area contributed by atoms with Crippen molar-refractivity contribution in [2.45, 2.75) is 33.7 Å². The third-order valence-electron chi connectivity index (χ3n) is 5.42. The summed E-state index contributed by atoms with van der Waals surface area (Å²) in [5.41, 5.74) is 2.81. The molecule has 160 valence electrons. The molecule has 0 radical (unpaired) electrons. The Morgan fingerprint density at radius 2 is 2.03 bits per heavy atom. The van der Waals surface area contributed by atoms with E-state index in [2.05, 4.69) is 51.9 Å². The van der Waals surface area contributed by atoms with E-state index in [0.29, 0.717) is 10.8 Å². The number of hydrogen-bond acceptors (Lipinski definition) is 5. The van der Waals surface area contributed by atoms with Crippen LogP contribution in [0.4, 0.5) is 5.69 Å². The maximum absolute atomic E-state index is 12.8. The minimum Gasteiger partial charge on any atom is -0.379 e. The van der Waals surface area contributed by atoms with Gasteiger partial charge >= 0.3 is 0 Å². The number of carbonyl (C=O) groups is 1. The Bertz CT molecular complexity index is 1020. The number of aromatic nitrogens is 2. The normalized spacial score (nSPS) is 15.2. The molecule has 1 aromatic carbocycles. The molecule has 1 aliphatic rings. The fourth-order valence-electron chi connectivity index (χ4n) is 3.83. The zero-order chi connectivity index (χ0) is 21.1. The van der Waals surface area contributed by atoms with E-state index in [1.807, 2.05) is 19.1 Å². The first-order chi connectivity index (χ1) is 14.5. The van der Waals surface area contributed by atoms with Gasteiger partial charge in [-0.3, -0.25) is 9.69 Å². The molecule has 6 nitrogen and oxygen atoms in total. The van der Waals surface area contributed by atoms with Crippen LogP contribution in [0, 0.1) is 12.8 Å². The monoisotopic (exact) mass is 426 g/mol. The lowest BCUT2D eigenvalue weighted by Gasteiger charge is -2.26. The zero-order valence-corrected chi connectivity index (χ0v) is 18.8. The van der Waals surface area contributed by atoms with Crippen molar-refractivity contribution in [2.75, 3.05) is 38.2 Å². The van der Waals surface area contributed by atoms with Gasteiger partial charge in [-0.15, -0.1) is 11.3 Å². The van der Waals surface area contributed by atoms with Crippen LogP contribution in [0.1, 0.15) is 34.2 Å². The number of thiazole rings is 1. The number of rotatable bonds is 7. The van der Waals surface area contributed by atoms with Crippen molar-refractivity contribution in [1.82, 2.24) is 14.5 Å². The van der Waals surface area contributed by atoms with E-state index in [9.17, 15) is 4.79 Å². The lowest BCUT2D eigenvalue weighted by atomic mass is 10.1. The predicted octanol–water partition coefficient (Wildman–Crippen LogP) is 4.19. The molecule has 0 bridgehead atoms. The number of hydrogen-bond donors (Lipinski definition) is 1. The number of morpholine rings is 1. The second-order valence-electron chi connectivity index (χ2n) is 8.31. The molecule has 1 amide bonds. The standard InChI is InChI=1S/C23H30N4O2S/c1-16(2)14-21-24-17(3)22(30-21)23(28)25-19-4-5-20-18(15-19)6-7-27(20)9-8-26-10-12-29-13-11-26/h4-7,15-16H,8-14H2,1-3H3,(H,25,28). The zero-order valence-electron chi connectivity index (χ0n) is 18.0. The quantitative estimate of drug-likeness (QED) is 0.615. The van der Waals surface area contributed by atoms with Gasteiger partial charge < -0.3 is 14.6 Å². The highest BCUT2D eigenvalue weighted by Crippen LogP contribution is 2.24. The van der Waals surface area contributed by atoms with Crippen molar-refractivity contribution in [3.63, 3.8) is 0 Å². The van der Waals surface area contributed by atoms with Gasteiger partial charge in [-0.05, 0) is 37.1 Å². The van der Waals surface area contributed by atoms with Crippen molar-refractivity contribution in [2.24, 2.45) is 5.92 Å². The average molecular weight is 427 g/mol. The highest BCUT2D eigenvalue weighted by atomic mass is 32.1. The summed E-state index contributed by atoms with van der Waals surface area (Å²) < 4.78 is 7.70. The molecule has 0 unspecified atom stereocenters. The number of nitrogens with one attached hydrogen (secondary N) is 1. The van der Waals surface area contributed by atoms with Crippen LogP contribution in [0.3, 0.4) is 0 Å². The van der Waals surface area contributed by atoms with Crippen molar-refractivity contribution in [1.29, 1.82) is 0 Å². The lowest BCUT2D eigenvalue weighted by molar-refractivity contribution is 0.0365. The van der Waals surface area contributed by atoms with Crippen molar-refractivity contribution in [3.05, 3.63) is 46.0 Å². The Balaban J connectivity index is 1.42. The third kappa shape index (κ3) is 4.91. The fourth-order valence-corrected chi connectivity index (χ4v) is 5.01. The summed E-state index contributed by atoms with van der Waals surface area (Å²) in [4.78, 5) is 20.5. The molecule has 0 spiro atoms. The van der Waals surface area contributed by atoms with Gasteiger partial charge in [-0.1, -0.05) is 13.8 Å². The molecule has 2 aromatic heterocycles. The summed E-state index contributed by atoms with van der Waals surface area (Å²) in [7, 11) is 0. The Kier molecular flexibility index (Phi) is 6.51. The smallest absolute Gasteiger partial charge is 0.267 e. The summed E-state index contributed by atoms with van der Waals surface area (Å²) in [5, 5.41) is 5.21. The highest BCUT2D eigenvalue weighted by molar-refractivity contribution is 7.13. The second kappa shape index (κ2) is 9.29. The number of nitrogens with zero attached hydrogens (tertiary/aromatic N) is 3. The molecule has 0 aliphatic carbocycles. The molecule has 30 heavy (non-hydrogen) atoms. The van der Waals surface area contributed by atoms with Crippen molar-refractivity contribution < 1.29 is 9.53 Å². The third-order valence-corrected chi connectivity index (χ3v) is 6.60. The van der Waals surface area contributed by atoms with Crippen LogP contribution in [-0.4, -0.2) is 53.2 Å². The highest BCUT2D eigenvalue weighted by Gasteiger charge is 2.17. The minimum atomic E-state index is -0.0777. The van der Waals surface area contributed by atoms with Crippen LogP contribution in [0.15, 0.2) is 30.5 Å². The average Bonchev–Trinajstić information content (AvgIpc) is 3.29. The Morgan fingerprint density at radius 3 is 2.80 bits per heavy atom. The van der Waals surface area contributed by atoms with Crippen LogP contribution in [0.5, 0.6) is 0 Å². The van der Waals surface area contributed by atoms with Crippen LogP contribution < -0.4 is 5.32 Å². The van der Waals surface area contributed by atoms with Gasteiger partial charge in [0.05, 0.1) is 23.9 Å². The molecule has 1 N–H and O–H groups in total. The van der Waals surface area contributed by atoms with E-state index in [4.69, 9.17) is 4.74 Å². The maximum atomic E-state index is 12.8. The number of carbonyl (C=O) groups excluding carboxylic acids is 1. The van der Waals surface area contributed by atoms with E-state index in [1.54, 1.807) is 0 Å². The first kappa shape index (κ1) is 21.0. The molecule has 3 aromatic rings. The number of fused-ring (bicyclic) bond motifs is 1. The molecule has 0 saturated carbocycles. The number of benzene rings is 1. The number of ether oxygens (including phenoxy) is 1. The van der Waals surface area contributed by atoms with Crippen LogP contribution in [0.2, 0.25) is 0 Å². The second-order valence-corrected chi connectivity index (χ2v) is 9.39. The molecule has 7 heteroatoms. The van der Waals surface area contributed by atoms with E-state index < -0.39 is 0 Å². The SMILES string of the molecule is Cc1nc(CC(C)C)sc1C(=O)Nc1ccc2c(ccn2CCN2CCOCC2)c1. The van der Waals surface area contributed by atoms with Crippen molar-refractivity contribution >= 4 is 33.8 Å². The van der Waals surface area contributed by atoms with Gasteiger partial charge in [0, 0.05) is 55.4 Å². The van der Waals surface area contributed by atoms with E-state index in [0.717, 1.165) is 67.6 Å². The Hall–Kier alpha value is -2.22. The number of amides is 1. The first-order valence-electron chi connectivity index (χ1n) is 10.7. The summed E-state index contributed by atoms with van der Waals surface area (Å²) in [5.74, 6) is 0.451. The van der Waals surface area contributed by atoms with Gasteiger partial charge in [-0.25, -0.2) is 4.98 Å². The van der Waals surface area contributed by atoms with E-state index >= 15 is 0 Å². The topological polar surface area (TPSA) is 59.4 Å². The number of aryl methyl sites for hydroxylation is 1. The van der Waals surface area contributed by atoms with Gasteiger partial charge in [-0.2, -0.15) is 0 Å². The Labute approximate surface area is 181 Å². The predicted molar refractivity (Wildman–Crippen MR) is 123 cm³/mol. The maximum Gasteiger partial charge on any atom is 0.267 e. The van der Waals surface area contributed by atoms with Crippen LogP contribution in [0.25, 0.3) is 10.9 Å². The molecule has 1 aliphatic heterocycles. The number of anilines is 1. The van der Waals surface area contributed by atoms with Gasteiger partial charge in [0.1, 0.15) is 4.88 Å². The lowest BCUT2D eigenvalue weighted by Crippen LogP contribution is -2.38. The molecular formula is C23H30N4O2S. The summed E-state index contributed by atoms with van der Waals surface area (Å²) in [6.45, 7) is 11.9. The minimum absolute atomic E-state index is 0.0777. The summed E-state index contributed by atoms with van der Waals surface area (Å²) in [6.07, 6.45) is 3.03. The van der Waals surface area contributed by atoms with Gasteiger partial charge in [0.15, 0.2) is 0 Å². The van der Waals surface area contributed by atoms with E-state index in [-0.39, 0.29) is 5.91 Å². The summed E-state index contributed by atoms with van der Waals surface area (Å²) >= 11 is 1.50.